The molecule has 0 saturated heterocycles. The minimum atomic E-state index is -4.95. The van der Waals surface area contributed by atoms with Gasteiger partial charge in [0.2, 0.25) is 0 Å². The minimum absolute atomic E-state index is 0.107. The zero-order valence-electron chi connectivity index (χ0n) is 59.7. The fourth-order valence-corrected chi connectivity index (χ4v) is 12.8. The van der Waals surface area contributed by atoms with Gasteiger partial charge in [0, 0.05) is 25.7 Å². The molecule has 19 heteroatoms. The van der Waals surface area contributed by atoms with Gasteiger partial charge >= 0.3 is 39.5 Å². The Bertz CT molecular complexity index is 1770. The smallest absolute Gasteiger partial charge is 0.462 e. The third-order valence-electron chi connectivity index (χ3n) is 17.0. The summed E-state index contributed by atoms with van der Waals surface area (Å²) < 4.78 is 68.3. The summed E-state index contributed by atoms with van der Waals surface area (Å²) in [5.41, 5.74) is 0. The summed E-state index contributed by atoms with van der Waals surface area (Å²) in [6.45, 7) is 7.20. The average Bonchev–Trinajstić information content (AvgIpc) is 2.98. The number of carbonyl (C=O) groups excluding carboxylic acids is 4. The Morgan fingerprint density at radius 3 is 0.739 bits per heavy atom. The molecular formula is C73H142O17P2. The molecule has 0 bridgehead atoms. The van der Waals surface area contributed by atoms with Gasteiger partial charge in [-0.3, -0.25) is 37.3 Å². The van der Waals surface area contributed by atoms with E-state index in [1.807, 2.05) is 0 Å². The fourth-order valence-electron chi connectivity index (χ4n) is 11.2. The van der Waals surface area contributed by atoms with Crippen LogP contribution in [-0.2, 0) is 65.4 Å². The van der Waals surface area contributed by atoms with Crippen LogP contribution in [0, 0.1) is 5.92 Å². The van der Waals surface area contributed by atoms with Crippen molar-refractivity contribution in [2.24, 2.45) is 5.92 Å². The van der Waals surface area contributed by atoms with E-state index in [2.05, 4.69) is 34.6 Å². The second-order valence-electron chi connectivity index (χ2n) is 26.8. The fraction of sp³-hybridized carbons (Fsp3) is 0.945. The molecule has 0 aromatic heterocycles. The molecule has 0 aliphatic carbocycles. The first-order chi connectivity index (χ1) is 44.5. The van der Waals surface area contributed by atoms with Gasteiger partial charge in [0.05, 0.1) is 26.4 Å². The van der Waals surface area contributed by atoms with E-state index in [1.54, 1.807) is 0 Å². The van der Waals surface area contributed by atoms with Crippen molar-refractivity contribution in [2.45, 2.75) is 400 Å². The number of hydrogen-bond donors (Lipinski definition) is 3. The summed E-state index contributed by atoms with van der Waals surface area (Å²) in [5, 5.41) is 10.6. The maximum atomic E-state index is 13.0. The number of rotatable bonds is 73. The lowest BCUT2D eigenvalue weighted by Crippen LogP contribution is -2.30. The molecule has 0 aromatic rings. The highest BCUT2D eigenvalue weighted by Gasteiger charge is 2.30. The Labute approximate surface area is 562 Å². The summed E-state index contributed by atoms with van der Waals surface area (Å²) in [6, 6.07) is 0. The van der Waals surface area contributed by atoms with Crippen molar-refractivity contribution in [2.75, 3.05) is 39.6 Å². The van der Waals surface area contributed by atoms with E-state index in [-0.39, 0.29) is 25.7 Å². The standard InChI is InChI=1S/C73H142O17P2/c1-6-9-12-15-18-21-23-24-25-26-27-28-29-30-31-32-33-34-37-44-49-54-59-73(78)90-69(63-84-71(76)57-52-47-42-39-38-40-45-50-55-66(4)5)65-88-92(81,82)86-61-67(74)60-85-91(79,80)87-64-68(62-83-70(75)56-51-46-41-35-20-17-14-11-8-3)89-72(77)58-53-48-43-36-22-19-16-13-10-7-2/h66-69,74H,6-65H2,1-5H3,(H,79,80)(H,81,82)/t67-,68+,69+/m0/s1. The number of phosphoric ester groups is 2. The van der Waals surface area contributed by atoms with Crippen molar-refractivity contribution < 1.29 is 80.2 Å². The Hall–Kier alpha value is -1.94. The lowest BCUT2D eigenvalue weighted by Gasteiger charge is -2.21. The third-order valence-corrected chi connectivity index (χ3v) is 18.9. The monoisotopic (exact) mass is 1350 g/mol. The number of unbranched alkanes of at least 4 members (excludes halogenated alkanes) is 45. The second kappa shape index (κ2) is 66.3. The van der Waals surface area contributed by atoms with E-state index < -0.39 is 97.5 Å². The molecule has 0 rings (SSSR count). The van der Waals surface area contributed by atoms with Gasteiger partial charge in [0.1, 0.15) is 19.3 Å². The quantitative estimate of drug-likeness (QED) is 0.0222. The third kappa shape index (κ3) is 66.7. The van der Waals surface area contributed by atoms with Crippen LogP contribution in [-0.4, -0.2) is 96.7 Å². The van der Waals surface area contributed by atoms with Crippen LogP contribution in [0.15, 0.2) is 0 Å². The number of ether oxygens (including phenoxy) is 4. The molecular weight excluding hydrogens is 1210 g/mol. The van der Waals surface area contributed by atoms with Crippen molar-refractivity contribution >= 4 is 39.5 Å². The van der Waals surface area contributed by atoms with Gasteiger partial charge in [0.25, 0.3) is 0 Å². The van der Waals surface area contributed by atoms with Crippen molar-refractivity contribution in [3.05, 3.63) is 0 Å². The number of aliphatic hydroxyl groups is 1. The number of carbonyl (C=O) groups is 4. The van der Waals surface area contributed by atoms with Crippen LogP contribution in [0.1, 0.15) is 381 Å². The Balaban J connectivity index is 5.13. The number of aliphatic hydroxyl groups excluding tert-OH is 1. The van der Waals surface area contributed by atoms with Crippen molar-refractivity contribution in [3.63, 3.8) is 0 Å². The number of phosphoric acid groups is 2. The van der Waals surface area contributed by atoms with Crippen LogP contribution >= 0.6 is 15.6 Å². The Morgan fingerprint density at radius 1 is 0.293 bits per heavy atom. The summed E-state index contributed by atoms with van der Waals surface area (Å²) in [4.78, 5) is 72.5. The zero-order chi connectivity index (χ0) is 67.7. The summed E-state index contributed by atoms with van der Waals surface area (Å²) in [7, 11) is -9.90. The van der Waals surface area contributed by atoms with Crippen LogP contribution in [0.25, 0.3) is 0 Å². The summed E-state index contributed by atoms with van der Waals surface area (Å²) >= 11 is 0. The summed E-state index contributed by atoms with van der Waals surface area (Å²) in [5.74, 6) is -1.40. The van der Waals surface area contributed by atoms with E-state index in [9.17, 15) is 43.2 Å². The van der Waals surface area contributed by atoms with Crippen LogP contribution in [0.2, 0.25) is 0 Å². The molecule has 0 fully saturated rings. The lowest BCUT2D eigenvalue weighted by atomic mass is 10.0. The van der Waals surface area contributed by atoms with E-state index in [0.717, 1.165) is 95.8 Å². The van der Waals surface area contributed by atoms with Gasteiger partial charge in [-0.25, -0.2) is 9.13 Å². The van der Waals surface area contributed by atoms with E-state index >= 15 is 0 Å². The lowest BCUT2D eigenvalue weighted by molar-refractivity contribution is -0.161. The second-order valence-corrected chi connectivity index (χ2v) is 29.7. The molecule has 546 valence electrons. The molecule has 0 spiro atoms. The van der Waals surface area contributed by atoms with Crippen LogP contribution < -0.4 is 0 Å². The topological polar surface area (TPSA) is 237 Å². The summed E-state index contributed by atoms with van der Waals surface area (Å²) in [6.07, 6.45) is 54.4. The Kier molecular flexibility index (Phi) is 64.9. The molecule has 0 aliphatic rings. The highest BCUT2D eigenvalue weighted by molar-refractivity contribution is 7.47. The first-order valence-electron chi connectivity index (χ1n) is 38.1. The molecule has 3 N–H and O–H groups in total. The minimum Gasteiger partial charge on any atom is -0.462 e. The first kappa shape index (κ1) is 90.1. The van der Waals surface area contributed by atoms with Gasteiger partial charge < -0.3 is 33.8 Å². The zero-order valence-corrected chi connectivity index (χ0v) is 61.5. The maximum absolute atomic E-state index is 13.0. The van der Waals surface area contributed by atoms with E-state index in [4.69, 9.17) is 37.0 Å². The molecule has 0 amide bonds. The van der Waals surface area contributed by atoms with Crippen molar-refractivity contribution in [1.82, 2.24) is 0 Å². The molecule has 5 atom stereocenters. The molecule has 0 aromatic carbocycles. The predicted molar refractivity (Wildman–Crippen MR) is 372 cm³/mol. The molecule has 0 heterocycles. The molecule has 2 unspecified atom stereocenters. The van der Waals surface area contributed by atoms with E-state index in [1.165, 1.54) is 205 Å². The Morgan fingerprint density at radius 2 is 0.500 bits per heavy atom. The molecule has 17 nitrogen and oxygen atoms in total. The molecule has 0 saturated carbocycles. The first-order valence-corrected chi connectivity index (χ1v) is 41.1. The van der Waals surface area contributed by atoms with Crippen LogP contribution in [0.4, 0.5) is 0 Å². The van der Waals surface area contributed by atoms with Crippen molar-refractivity contribution in [1.29, 1.82) is 0 Å². The van der Waals surface area contributed by atoms with Gasteiger partial charge in [-0.1, -0.05) is 330 Å². The highest BCUT2D eigenvalue weighted by Crippen LogP contribution is 2.45. The SMILES string of the molecule is CCCCCCCCCCCCCCCCCCCCCCCCC(=O)O[C@H](COC(=O)CCCCCCCCCCC(C)C)COP(=O)(O)OC[C@@H](O)COP(=O)(O)OC[C@@H](COC(=O)CCCCCCCCCCC)OC(=O)CCCCCCCCCCCC. The highest BCUT2D eigenvalue weighted by atomic mass is 31.2. The molecule has 0 radical (unpaired) electrons. The maximum Gasteiger partial charge on any atom is 0.472 e. The van der Waals surface area contributed by atoms with Gasteiger partial charge in [-0.15, -0.1) is 0 Å². The normalized spacial score (nSPS) is 14.0. The van der Waals surface area contributed by atoms with Crippen LogP contribution in [0.5, 0.6) is 0 Å². The number of esters is 4. The van der Waals surface area contributed by atoms with Gasteiger partial charge in [-0.2, -0.15) is 0 Å². The largest absolute Gasteiger partial charge is 0.472 e. The predicted octanol–water partition coefficient (Wildman–Crippen LogP) is 21.3. The van der Waals surface area contributed by atoms with Crippen LogP contribution in [0.3, 0.4) is 0 Å². The molecule has 0 aliphatic heterocycles. The average molecular weight is 1350 g/mol. The number of hydrogen-bond acceptors (Lipinski definition) is 15. The van der Waals surface area contributed by atoms with Gasteiger partial charge in [-0.05, 0) is 31.6 Å². The van der Waals surface area contributed by atoms with Gasteiger partial charge in [0.15, 0.2) is 12.2 Å². The van der Waals surface area contributed by atoms with Crippen molar-refractivity contribution in [3.8, 4) is 0 Å². The van der Waals surface area contributed by atoms with E-state index in [0.29, 0.717) is 25.7 Å². The molecule has 92 heavy (non-hydrogen) atoms.